The molecule has 0 aliphatic rings. The summed E-state index contributed by atoms with van der Waals surface area (Å²) in [5.74, 6) is -1.66. The van der Waals surface area contributed by atoms with Gasteiger partial charge in [0.25, 0.3) is 10.0 Å². The van der Waals surface area contributed by atoms with Crippen LogP contribution in [0.2, 0.25) is 0 Å². The van der Waals surface area contributed by atoms with Crippen LogP contribution in [0.15, 0.2) is 47.6 Å². The summed E-state index contributed by atoms with van der Waals surface area (Å²) >= 11 is 1.39. The van der Waals surface area contributed by atoms with Crippen LogP contribution in [0.25, 0.3) is 21.6 Å². The lowest BCUT2D eigenvalue weighted by Crippen LogP contribution is -2.16. The SMILES string of the molecule is Cc1sc2nc(-c3cccnc3)nc(NS(=O)(=O)c3cc(F)ccc3F)c2c1C. The number of rotatable bonds is 4. The number of thiophene rings is 1. The summed E-state index contributed by atoms with van der Waals surface area (Å²) in [5.41, 5.74) is 1.40. The molecule has 0 unspecified atom stereocenters. The van der Waals surface area contributed by atoms with E-state index in [0.717, 1.165) is 22.6 Å². The van der Waals surface area contributed by atoms with Crippen LogP contribution < -0.4 is 4.72 Å². The molecule has 1 N–H and O–H groups in total. The Morgan fingerprint density at radius 2 is 1.90 bits per heavy atom. The van der Waals surface area contributed by atoms with Gasteiger partial charge < -0.3 is 0 Å². The topological polar surface area (TPSA) is 84.8 Å². The van der Waals surface area contributed by atoms with Crippen LogP contribution in [0.4, 0.5) is 14.6 Å². The molecule has 1 aromatic carbocycles. The minimum atomic E-state index is -4.43. The quantitative estimate of drug-likeness (QED) is 0.515. The Labute approximate surface area is 169 Å². The summed E-state index contributed by atoms with van der Waals surface area (Å²) in [6.45, 7) is 3.71. The number of benzene rings is 1. The van der Waals surface area contributed by atoms with Gasteiger partial charge in [-0.05, 0) is 49.7 Å². The Morgan fingerprint density at radius 3 is 2.62 bits per heavy atom. The van der Waals surface area contributed by atoms with Gasteiger partial charge in [-0.15, -0.1) is 11.3 Å². The number of nitrogens with one attached hydrogen (secondary N) is 1. The molecule has 0 atom stereocenters. The van der Waals surface area contributed by atoms with E-state index in [4.69, 9.17) is 0 Å². The minimum Gasteiger partial charge on any atom is -0.264 e. The second kappa shape index (κ2) is 7.12. The molecule has 0 bridgehead atoms. The smallest absolute Gasteiger partial charge is 0.264 e. The van der Waals surface area contributed by atoms with Crippen molar-refractivity contribution in [3.8, 4) is 11.4 Å². The normalized spacial score (nSPS) is 11.7. The van der Waals surface area contributed by atoms with Crippen molar-refractivity contribution >= 4 is 37.4 Å². The van der Waals surface area contributed by atoms with Gasteiger partial charge in [0.15, 0.2) is 11.6 Å². The Hall–Kier alpha value is -2.98. The highest BCUT2D eigenvalue weighted by molar-refractivity contribution is 7.92. The van der Waals surface area contributed by atoms with E-state index in [0.29, 0.717) is 21.8 Å². The van der Waals surface area contributed by atoms with Gasteiger partial charge >= 0.3 is 0 Å². The maximum absolute atomic E-state index is 14.1. The van der Waals surface area contributed by atoms with Crippen molar-refractivity contribution in [2.24, 2.45) is 0 Å². The molecule has 0 saturated carbocycles. The van der Waals surface area contributed by atoms with Gasteiger partial charge in [-0.3, -0.25) is 9.71 Å². The van der Waals surface area contributed by atoms with Crippen molar-refractivity contribution in [3.63, 3.8) is 0 Å². The minimum absolute atomic E-state index is 0.000589. The summed E-state index contributed by atoms with van der Waals surface area (Å²) in [5, 5.41) is 0.514. The highest BCUT2D eigenvalue weighted by atomic mass is 32.2. The van der Waals surface area contributed by atoms with Crippen molar-refractivity contribution < 1.29 is 17.2 Å². The van der Waals surface area contributed by atoms with E-state index in [9.17, 15) is 17.2 Å². The second-order valence-electron chi connectivity index (χ2n) is 6.28. The molecule has 29 heavy (non-hydrogen) atoms. The highest BCUT2D eigenvalue weighted by Crippen LogP contribution is 2.36. The second-order valence-corrected chi connectivity index (χ2v) is 9.14. The largest absolute Gasteiger partial charge is 0.266 e. The number of hydrogen-bond acceptors (Lipinski definition) is 6. The molecule has 4 aromatic rings. The average molecular weight is 432 g/mol. The predicted molar refractivity (Wildman–Crippen MR) is 107 cm³/mol. The van der Waals surface area contributed by atoms with Crippen molar-refractivity contribution in [2.75, 3.05) is 4.72 Å². The fraction of sp³-hybridized carbons (Fsp3) is 0.105. The van der Waals surface area contributed by atoms with Gasteiger partial charge in [-0.2, -0.15) is 0 Å². The molecule has 6 nitrogen and oxygen atoms in total. The molecule has 0 spiro atoms. The lowest BCUT2D eigenvalue weighted by molar-refractivity contribution is 0.555. The number of nitrogens with zero attached hydrogens (tertiary/aromatic N) is 3. The van der Waals surface area contributed by atoms with Crippen LogP contribution in [-0.2, 0) is 10.0 Å². The predicted octanol–water partition coefficient (Wildman–Crippen LogP) is 4.45. The number of anilines is 1. The zero-order chi connectivity index (χ0) is 20.8. The van der Waals surface area contributed by atoms with Gasteiger partial charge in [0.1, 0.15) is 21.4 Å². The maximum atomic E-state index is 14.1. The molecule has 3 heterocycles. The number of aryl methyl sites for hydroxylation is 2. The van der Waals surface area contributed by atoms with E-state index >= 15 is 0 Å². The van der Waals surface area contributed by atoms with Gasteiger partial charge in [0.2, 0.25) is 0 Å². The zero-order valence-electron chi connectivity index (χ0n) is 15.3. The summed E-state index contributed by atoms with van der Waals surface area (Å²) in [6, 6.07) is 5.69. The molecule has 148 valence electrons. The monoisotopic (exact) mass is 432 g/mol. The fourth-order valence-electron chi connectivity index (χ4n) is 2.81. The van der Waals surface area contributed by atoms with Crippen LogP contribution in [-0.4, -0.2) is 23.4 Å². The first kappa shape index (κ1) is 19.3. The van der Waals surface area contributed by atoms with E-state index in [1.165, 1.54) is 11.3 Å². The van der Waals surface area contributed by atoms with E-state index in [2.05, 4.69) is 19.7 Å². The van der Waals surface area contributed by atoms with E-state index in [1.807, 2.05) is 13.8 Å². The molecule has 4 rings (SSSR count). The number of hydrogen-bond donors (Lipinski definition) is 1. The Morgan fingerprint density at radius 1 is 1.10 bits per heavy atom. The Balaban J connectivity index is 1.91. The van der Waals surface area contributed by atoms with Crippen LogP contribution in [0.1, 0.15) is 10.4 Å². The molecule has 0 aliphatic heterocycles. The average Bonchev–Trinajstić information content (AvgIpc) is 2.98. The first-order chi connectivity index (χ1) is 13.8. The molecular weight excluding hydrogens is 418 g/mol. The third kappa shape index (κ3) is 3.56. The standard InChI is InChI=1S/C19H14F2N4O2S2/c1-10-11(2)28-19-16(10)18(23-17(24-19)12-4-3-7-22-9-12)25-29(26,27)15-8-13(20)5-6-14(15)21/h3-9H,1-2H3,(H,23,24,25). The molecular formula is C19H14F2N4O2S2. The Kier molecular flexibility index (Phi) is 4.75. The van der Waals surface area contributed by atoms with Crippen molar-refractivity contribution in [1.82, 2.24) is 15.0 Å². The van der Waals surface area contributed by atoms with E-state index in [1.54, 1.807) is 24.5 Å². The van der Waals surface area contributed by atoms with Gasteiger partial charge in [0, 0.05) is 22.8 Å². The van der Waals surface area contributed by atoms with E-state index < -0.39 is 26.6 Å². The molecule has 0 saturated heterocycles. The third-order valence-corrected chi connectivity index (χ3v) is 6.82. The van der Waals surface area contributed by atoms with Gasteiger partial charge in [-0.1, -0.05) is 0 Å². The summed E-state index contributed by atoms with van der Waals surface area (Å²) in [7, 11) is -4.43. The molecule has 0 amide bonds. The van der Waals surface area contributed by atoms with Crippen molar-refractivity contribution in [1.29, 1.82) is 0 Å². The number of halogens is 2. The first-order valence-electron chi connectivity index (χ1n) is 8.42. The van der Waals surface area contributed by atoms with Crippen LogP contribution >= 0.6 is 11.3 Å². The third-order valence-electron chi connectivity index (χ3n) is 4.36. The fourth-order valence-corrected chi connectivity index (χ4v) is 4.95. The Bertz CT molecular complexity index is 1340. The van der Waals surface area contributed by atoms with Crippen LogP contribution in [0.5, 0.6) is 0 Å². The van der Waals surface area contributed by atoms with Crippen molar-refractivity contribution in [3.05, 3.63) is 64.8 Å². The number of pyridine rings is 1. The highest BCUT2D eigenvalue weighted by Gasteiger charge is 2.24. The summed E-state index contributed by atoms with van der Waals surface area (Å²) in [6.07, 6.45) is 3.15. The summed E-state index contributed by atoms with van der Waals surface area (Å²) in [4.78, 5) is 13.6. The van der Waals surface area contributed by atoms with Gasteiger partial charge in [0.05, 0.1) is 5.39 Å². The molecule has 0 fully saturated rings. The lowest BCUT2D eigenvalue weighted by Gasteiger charge is -2.11. The van der Waals surface area contributed by atoms with Crippen LogP contribution in [0.3, 0.4) is 0 Å². The maximum Gasteiger partial charge on any atom is 0.266 e. The van der Waals surface area contributed by atoms with E-state index in [-0.39, 0.29) is 11.6 Å². The number of aromatic nitrogens is 3. The lowest BCUT2D eigenvalue weighted by atomic mass is 10.2. The zero-order valence-corrected chi connectivity index (χ0v) is 16.9. The van der Waals surface area contributed by atoms with Crippen molar-refractivity contribution in [2.45, 2.75) is 18.7 Å². The first-order valence-corrected chi connectivity index (χ1v) is 10.7. The molecule has 0 radical (unpaired) electrons. The van der Waals surface area contributed by atoms with Gasteiger partial charge in [-0.25, -0.2) is 27.2 Å². The van der Waals surface area contributed by atoms with Crippen LogP contribution in [0, 0.1) is 25.5 Å². The molecule has 3 aromatic heterocycles. The number of sulfonamides is 1. The molecule has 0 aliphatic carbocycles. The summed E-state index contributed by atoms with van der Waals surface area (Å²) < 4.78 is 55.5. The number of fused-ring (bicyclic) bond motifs is 1. The molecule has 10 heteroatoms.